The molecule has 1 heterocycles. The minimum Gasteiger partial charge on any atom is -0.219 e. The molecular weight excluding hydrogens is 310 g/mol. The van der Waals surface area contributed by atoms with Crippen molar-refractivity contribution >= 4 is 34.8 Å². The van der Waals surface area contributed by atoms with Crippen LogP contribution in [0.5, 0.6) is 0 Å². The van der Waals surface area contributed by atoms with Gasteiger partial charge in [0.2, 0.25) is 5.95 Å². The average molecular weight is 316 g/mol. The van der Waals surface area contributed by atoms with E-state index in [-0.39, 0.29) is 22.0 Å². The first kappa shape index (κ1) is 14.1. The molecule has 0 bridgehead atoms. The third kappa shape index (κ3) is 2.98. The van der Waals surface area contributed by atoms with Gasteiger partial charge in [0.15, 0.2) is 0 Å². The van der Waals surface area contributed by atoms with Crippen molar-refractivity contribution in [3.63, 3.8) is 0 Å². The molecule has 2 rings (SSSR count). The number of halogens is 4. The van der Waals surface area contributed by atoms with Gasteiger partial charge in [0, 0.05) is 16.1 Å². The molecule has 0 spiro atoms. The first-order chi connectivity index (χ1) is 9.02. The molecule has 0 radical (unpaired) electrons. The van der Waals surface area contributed by atoms with E-state index in [1.807, 2.05) is 6.07 Å². The molecule has 0 N–H and O–H groups in total. The average Bonchev–Trinajstić information content (AvgIpc) is 2.31. The summed E-state index contributed by atoms with van der Waals surface area (Å²) in [6, 6.07) is 7.93. The number of rotatable bonds is 2. The number of benzene rings is 1. The quantitative estimate of drug-likeness (QED) is 0.738. The van der Waals surface area contributed by atoms with Crippen LogP contribution >= 0.6 is 34.8 Å². The van der Waals surface area contributed by atoms with Crippen LogP contribution in [0.15, 0.2) is 24.3 Å². The predicted molar refractivity (Wildman–Crippen MR) is 74.0 cm³/mol. The zero-order valence-corrected chi connectivity index (χ0v) is 11.7. The fourth-order valence-electron chi connectivity index (χ4n) is 1.61. The second-order valence-corrected chi connectivity index (χ2v) is 4.98. The van der Waals surface area contributed by atoms with Gasteiger partial charge in [-0.15, -0.1) is 0 Å². The van der Waals surface area contributed by atoms with Crippen molar-refractivity contribution in [2.24, 2.45) is 0 Å². The number of nitrogens with zero attached hydrogens (tertiary/aromatic N) is 2. The van der Waals surface area contributed by atoms with E-state index in [4.69, 9.17) is 40.1 Å². The van der Waals surface area contributed by atoms with Gasteiger partial charge in [0.05, 0.1) is 28.2 Å². The van der Waals surface area contributed by atoms with Gasteiger partial charge in [-0.1, -0.05) is 40.9 Å². The van der Waals surface area contributed by atoms with Crippen molar-refractivity contribution in [2.45, 2.75) is 6.42 Å². The molecule has 2 nitrogen and oxygen atoms in total. The Morgan fingerprint density at radius 2 is 1.79 bits per heavy atom. The van der Waals surface area contributed by atoms with Crippen LogP contribution in [0, 0.1) is 17.3 Å². The summed E-state index contributed by atoms with van der Waals surface area (Å²) in [5, 5.41) is 9.52. The molecule has 1 aromatic carbocycles. The zero-order chi connectivity index (χ0) is 14.0. The Hall–Kier alpha value is -1.34. The van der Waals surface area contributed by atoms with Gasteiger partial charge in [-0.2, -0.15) is 9.65 Å². The number of aromatic nitrogens is 1. The molecule has 0 aliphatic rings. The molecular formula is C13H6Cl3FN2. The Kier molecular flexibility index (Phi) is 4.26. The highest BCUT2D eigenvalue weighted by molar-refractivity contribution is 6.41. The van der Waals surface area contributed by atoms with Crippen molar-refractivity contribution in [3.8, 4) is 17.3 Å². The van der Waals surface area contributed by atoms with Crippen LogP contribution < -0.4 is 0 Å². The van der Waals surface area contributed by atoms with Crippen molar-refractivity contribution in [2.75, 3.05) is 0 Å². The number of pyridine rings is 1. The van der Waals surface area contributed by atoms with E-state index in [2.05, 4.69) is 4.98 Å². The second kappa shape index (κ2) is 5.75. The standard InChI is InChI=1S/C13H6Cl3FN2/c14-8-5-9(15)12(10(16)6-8)11-2-1-7(3-4-18)13(17)19-11/h1-2,5-6H,3H2. The Morgan fingerprint density at radius 3 is 2.32 bits per heavy atom. The first-order valence-corrected chi connectivity index (χ1v) is 6.33. The Labute approximate surface area is 124 Å². The SMILES string of the molecule is N#CCc1ccc(-c2c(Cl)cc(Cl)cc2Cl)nc1F. The van der Waals surface area contributed by atoms with E-state index < -0.39 is 5.95 Å². The maximum absolute atomic E-state index is 13.7. The van der Waals surface area contributed by atoms with Crippen LogP contribution in [0.1, 0.15) is 5.56 Å². The zero-order valence-electron chi connectivity index (χ0n) is 9.42. The molecule has 0 atom stereocenters. The molecule has 0 saturated heterocycles. The monoisotopic (exact) mass is 314 g/mol. The maximum atomic E-state index is 13.7. The minimum absolute atomic E-state index is 0.0405. The van der Waals surface area contributed by atoms with Crippen molar-refractivity contribution in [3.05, 3.63) is 50.8 Å². The van der Waals surface area contributed by atoms with E-state index in [0.717, 1.165) is 0 Å². The minimum atomic E-state index is -0.707. The molecule has 2 aromatic rings. The Bertz CT molecular complexity index is 657. The van der Waals surface area contributed by atoms with Crippen LogP contribution in [-0.4, -0.2) is 4.98 Å². The van der Waals surface area contributed by atoms with Crippen LogP contribution in [0.2, 0.25) is 15.1 Å². The normalized spacial score (nSPS) is 10.3. The van der Waals surface area contributed by atoms with Gasteiger partial charge in [0.1, 0.15) is 0 Å². The van der Waals surface area contributed by atoms with Gasteiger partial charge in [-0.3, -0.25) is 0 Å². The molecule has 0 amide bonds. The van der Waals surface area contributed by atoms with Crippen molar-refractivity contribution in [1.82, 2.24) is 4.98 Å². The number of hydrogen-bond donors (Lipinski definition) is 0. The predicted octanol–water partition coefficient (Wildman–Crippen LogP) is 4.91. The van der Waals surface area contributed by atoms with E-state index in [1.165, 1.54) is 18.2 Å². The molecule has 0 aliphatic carbocycles. The van der Waals surface area contributed by atoms with Crippen LogP contribution in [-0.2, 0) is 6.42 Å². The summed E-state index contributed by atoms with van der Waals surface area (Å²) in [7, 11) is 0. The van der Waals surface area contributed by atoms with Crippen molar-refractivity contribution < 1.29 is 4.39 Å². The Morgan fingerprint density at radius 1 is 1.16 bits per heavy atom. The molecule has 0 saturated carbocycles. The molecule has 96 valence electrons. The number of nitriles is 1. The second-order valence-electron chi connectivity index (χ2n) is 3.73. The first-order valence-electron chi connectivity index (χ1n) is 5.20. The molecule has 0 fully saturated rings. The summed E-state index contributed by atoms with van der Waals surface area (Å²) >= 11 is 17.9. The summed E-state index contributed by atoms with van der Waals surface area (Å²) in [6.07, 6.45) is -0.0405. The lowest BCUT2D eigenvalue weighted by Gasteiger charge is -2.08. The smallest absolute Gasteiger partial charge is 0.217 e. The highest BCUT2D eigenvalue weighted by Crippen LogP contribution is 2.36. The van der Waals surface area contributed by atoms with Crippen LogP contribution in [0.3, 0.4) is 0 Å². The lowest BCUT2D eigenvalue weighted by Crippen LogP contribution is -1.96. The van der Waals surface area contributed by atoms with Gasteiger partial charge >= 0.3 is 0 Å². The van der Waals surface area contributed by atoms with E-state index in [0.29, 0.717) is 16.3 Å². The Balaban J connectivity index is 2.55. The van der Waals surface area contributed by atoms with Gasteiger partial charge < -0.3 is 0 Å². The van der Waals surface area contributed by atoms with Crippen LogP contribution in [0.4, 0.5) is 4.39 Å². The van der Waals surface area contributed by atoms with Crippen molar-refractivity contribution in [1.29, 1.82) is 5.26 Å². The maximum Gasteiger partial charge on any atom is 0.217 e. The molecule has 1 aromatic heterocycles. The summed E-state index contributed by atoms with van der Waals surface area (Å²) in [5.74, 6) is -0.707. The molecule has 6 heteroatoms. The molecule has 19 heavy (non-hydrogen) atoms. The van der Waals surface area contributed by atoms with Gasteiger partial charge in [-0.05, 0) is 18.2 Å². The highest BCUT2D eigenvalue weighted by Gasteiger charge is 2.13. The van der Waals surface area contributed by atoms with E-state index in [1.54, 1.807) is 6.07 Å². The van der Waals surface area contributed by atoms with E-state index >= 15 is 0 Å². The summed E-state index contributed by atoms with van der Waals surface area (Å²) < 4.78 is 13.7. The fourth-order valence-corrected chi connectivity index (χ4v) is 2.62. The summed E-state index contributed by atoms with van der Waals surface area (Å²) in [4.78, 5) is 3.78. The third-order valence-electron chi connectivity index (χ3n) is 2.46. The molecule has 0 unspecified atom stereocenters. The fraction of sp³-hybridized carbons (Fsp3) is 0.0769. The lowest BCUT2D eigenvalue weighted by atomic mass is 10.1. The van der Waals surface area contributed by atoms with Crippen LogP contribution in [0.25, 0.3) is 11.3 Å². The van der Waals surface area contributed by atoms with E-state index in [9.17, 15) is 4.39 Å². The third-order valence-corrected chi connectivity index (χ3v) is 3.27. The highest BCUT2D eigenvalue weighted by atomic mass is 35.5. The van der Waals surface area contributed by atoms with Gasteiger partial charge in [0.25, 0.3) is 0 Å². The largest absolute Gasteiger partial charge is 0.219 e. The van der Waals surface area contributed by atoms with Gasteiger partial charge in [-0.25, -0.2) is 4.98 Å². The topological polar surface area (TPSA) is 36.7 Å². The molecule has 0 aliphatic heterocycles. The number of hydrogen-bond acceptors (Lipinski definition) is 2. The summed E-state index contributed by atoms with van der Waals surface area (Å²) in [5.41, 5.74) is 0.938. The lowest BCUT2D eigenvalue weighted by molar-refractivity contribution is 0.573. The summed E-state index contributed by atoms with van der Waals surface area (Å²) in [6.45, 7) is 0.